The number of amides is 2. The molecule has 2 amide bonds. The van der Waals surface area contributed by atoms with Crippen molar-refractivity contribution in [2.45, 2.75) is 19.4 Å². The zero-order valence-corrected chi connectivity index (χ0v) is 14.5. The lowest BCUT2D eigenvalue weighted by Gasteiger charge is -2.30. The van der Waals surface area contributed by atoms with Gasteiger partial charge in [-0.05, 0) is 33.0 Å². The van der Waals surface area contributed by atoms with Crippen molar-refractivity contribution in [1.82, 2.24) is 9.80 Å². The highest BCUT2D eigenvalue weighted by Gasteiger charge is 2.27. The summed E-state index contributed by atoms with van der Waals surface area (Å²) in [6, 6.07) is 9.00. The molecular weight excluding hydrogens is 316 g/mol. The summed E-state index contributed by atoms with van der Waals surface area (Å²) in [5, 5.41) is 12.2. The molecule has 0 heterocycles. The Morgan fingerprint density at radius 2 is 1.87 bits per heavy atom. The summed E-state index contributed by atoms with van der Waals surface area (Å²) in [4.78, 5) is 27.1. The lowest BCUT2D eigenvalue weighted by Crippen LogP contribution is -2.48. The van der Waals surface area contributed by atoms with Crippen molar-refractivity contribution in [3.05, 3.63) is 29.3 Å². The van der Waals surface area contributed by atoms with Gasteiger partial charge in [0.15, 0.2) is 0 Å². The number of carbonyl (C=O) groups is 2. The molecule has 124 valence electrons. The fourth-order valence-corrected chi connectivity index (χ4v) is 1.96. The molecule has 0 saturated heterocycles. The van der Waals surface area contributed by atoms with Crippen molar-refractivity contribution in [2.75, 3.05) is 32.5 Å². The van der Waals surface area contributed by atoms with Crippen LogP contribution in [0.3, 0.4) is 0 Å². The molecule has 0 unspecified atom stereocenters. The molecule has 6 nitrogen and oxygen atoms in total. The molecule has 0 saturated carbocycles. The lowest BCUT2D eigenvalue weighted by atomic mass is 10.1. The van der Waals surface area contributed by atoms with Gasteiger partial charge in [0.2, 0.25) is 11.8 Å². The van der Waals surface area contributed by atoms with Gasteiger partial charge in [-0.1, -0.05) is 23.7 Å². The fourth-order valence-electron chi connectivity index (χ4n) is 1.78. The summed E-state index contributed by atoms with van der Waals surface area (Å²) in [7, 11) is 3.24. The minimum atomic E-state index is -0.891. The predicted molar refractivity (Wildman–Crippen MR) is 90.0 cm³/mol. The van der Waals surface area contributed by atoms with E-state index in [0.29, 0.717) is 10.7 Å². The number of likely N-dealkylation sites (N-methyl/N-ethyl adjacent to an activating group) is 2. The maximum absolute atomic E-state index is 12.1. The normalized spacial score (nSPS) is 11.0. The topological polar surface area (TPSA) is 76.4 Å². The average Bonchev–Trinajstić information content (AvgIpc) is 2.48. The van der Waals surface area contributed by atoms with Gasteiger partial charge in [-0.2, -0.15) is 5.26 Å². The lowest BCUT2D eigenvalue weighted by molar-refractivity contribution is -0.134. The Labute approximate surface area is 141 Å². The number of rotatable bonds is 6. The number of benzene rings is 1. The van der Waals surface area contributed by atoms with Gasteiger partial charge in [0.1, 0.15) is 5.54 Å². The van der Waals surface area contributed by atoms with E-state index in [1.807, 2.05) is 0 Å². The van der Waals surface area contributed by atoms with Crippen LogP contribution in [0.5, 0.6) is 0 Å². The van der Waals surface area contributed by atoms with Gasteiger partial charge in [0.05, 0.1) is 29.9 Å². The number of hydrogen-bond donors (Lipinski definition) is 1. The molecule has 1 N–H and O–H groups in total. The SMILES string of the molecule is CN(CC(=O)Nc1ccccc1Cl)CC(=O)N(C)C(C)(C)C#N. The zero-order chi connectivity index (χ0) is 17.6. The van der Waals surface area contributed by atoms with Crippen LogP contribution in [0.15, 0.2) is 24.3 Å². The highest BCUT2D eigenvalue weighted by Crippen LogP contribution is 2.20. The van der Waals surface area contributed by atoms with Crippen LogP contribution in [0.4, 0.5) is 5.69 Å². The van der Waals surface area contributed by atoms with Gasteiger partial charge in [-0.15, -0.1) is 0 Å². The van der Waals surface area contributed by atoms with E-state index in [2.05, 4.69) is 11.4 Å². The molecule has 0 bridgehead atoms. The Hall–Kier alpha value is -2.10. The molecule has 0 aliphatic rings. The first-order valence-electron chi connectivity index (χ1n) is 7.08. The van der Waals surface area contributed by atoms with E-state index >= 15 is 0 Å². The monoisotopic (exact) mass is 336 g/mol. The second kappa shape index (κ2) is 7.95. The Kier molecular flexibility index (Phi) is 6.55. The highest BCUT2D eigenvalue weighted by atomic mass is 35.5. The third-order valence-electron chi connectivity index (χ3n) is 3.45. The van der Waals surface area contributed by atoms with Crippen molar-refractivity contribution in [2.24, 2.45) is 0 Å². The van der Waals surface area contributed by atoms with E-state index in [4.69, 9.17) is 16.9 Å². The quantitative estimate of drug-likeness (QED) is 0.861. The molecule has 0 aromatic heterocycles. The van der Waals surface area contributed by atoms with E-state index in [-0.39, 0.29) is 24.9 Å². The minimum Gasteiger partial charge on any atom is -0.326 e. The van der Waals surface area contributed by atoms with Gasteiger partial charge >= 0.3 is 0 Å². The predicted octanol–water partition coefficient (Wildman–Crippen LogP) is 1.97. The van der Waals surface area contributed by atoms with Crippen molar-refractivity contribution < 1.29 is 9.59 Å². The second-order valence-corrected chi connectivity index (χ2v) is 6.23. The molecular formula is C16H21ClN4O2. The maximum Gasteiger partial charge on any atom is 0.238 e. The molecule has 0 fully saturated rings. The number of anilines is 1. The first kappa shape index (κ1) is 18.9. The van der Waals surface area contributed by atoms with Crippen LogP contribution in [0.2, 0.25) is 5.02 Å². The molecule has 0 aliphatic heterocycles. The molecule has 1 aromatic rings. The van der Waals surface area contributed by atoms with Gasteiger partial charge in [0, 0.05) is 7.05 Å². The fraction of sp³-hybridized carbons (Fsp3) is 0.438. The van der Waals surface area contributed by atoms with Gasteiger partial charge in [0.25, 0.3) is 0 Å². The first-order valence-corrected chi connectivity index (χ1v) is 7.46. The van der Waals surface area contributed by atoms with E-state index in [9.17, 15) is 9.59 Å². The third kappa shape index (κ3) is 5.55. The van der Waals surface area contributed by atoms with Crippen LogP contribution in [0.1, 0.15) is 13.8 Å². The highest BCUT2D eigenvalue weighted by molar-refractivity contribution is 6.33. The van der Waals surface area contributed by atoms with Crippen LogP contribution in [0.25, 0.3) is 0 Å². The molecule has 1 rings (SSSR count). The maximum atomic E-state index is 12.1. The second-order valence-electron chi connectivity index (χ2n) is 5.82. The largest absolute Gasteiger partial charge is 0.326 e. The third-order valence-corrected chi connectivity index (χ3v) is 3.78. The van der Waals surface area contributed by atoms with Gasteiger partial charge in [-0.25, -0.2) is 0 Å². The van der Waals surface area contributed by atoms with Crippen LogP contribution < -0.4 is 5.32 Å². The first-order chi connectivity index (χ1) is 10.7. The number of nitrogens with one attached hydrogen (secondary N) is 1. The van der Waals surface area contributed by atoms with Crippen molar-refractivity contribution in [3.63, 3.8) is 0 Å². The van der Waals surface area contributed by atoms with Crippen LogP contribution in [-0.4, -0.2) is 54.3 Å². The number of carbonyl (C=O) groups excluding carboxylic acids is 2. The average molecular weight is 337 g/mol. The summed E-state index contributed by atoms with van der Waals surface area (Å²) in [5.41, 5.74) is -0.362. The van der Waals surface area contributed by atoms with E-state index in [1.165, 1.54) is 4.90 Å². The Morgan fingerprint density at radius 3 is 2.43 bits per heavy atom. The summed E-state index contributed by atoms with van der Waals surface area (Å²) < 4.78 is 0. The van der Waals surface area contributed by atoms with E-state index in [0.717, 1.165) is 0 Å². The van der Waals surface area contributed by atoms with E-state index in [1.54, 1.807) is 57.1 Å². The summed E-state index contributed by atoms with van der Waals surface area (Å²) in [6.45, 7) is 3.40. The van der Waals surface area contributed by atoms with Crippen molar-refractivity contribution >= 4 is 29.1 Å². The number of hydrogen-bond acceptors (Lipinski definition) is 4. The molecule has 0 radical (unpaired) electrons. The Bertz CT molecular complexity index is 625. The number of halogens is 1. The molecule has 0 aliphatic carbocycles. The summed E-state index contributed by atoms with van der Waals surface area (Å²) in [6.07, 6.45) is 0. The molecule has 1 aromatic carbocycles. The van der Waals surface area contributed by atoms with Gasteiger partial charge in [-0.3, -0.25) is 14.5 Å². The number of para-hydroxylation sites is 1. The number of nitrogens with zero attached hydrogens (tertiary/aromatic N) is 3. The van der Waals surface area contributed by atoms with Crippen LogP contribution >= 0.6 is 11.6 Å². The zero-order valence-electron chi connectivity index (χ0n) is 13.8. The van der Waals surface area contributed by atoms with Crippen molar-refractivity contribution in [1.29, 1.82) is 5.26 Å². The molecule has 7 heteroatoms. The van der Waals surface area contributed by atoms with Crippen LogP contribution in [0, 0.1) is 11.3 Å². The molecule has 23 heavy (non-hydrogen) atoms. The molecule has 0 spiro atoms. The van der Waals surface area contributed by atoms with Gasteiger partial charge < -0.3 is 10.2 Å². The van der Waals surface area contributed by atoms with Crippen LogP contribution in [-0.2, 0) is 9.59 Å². The number of nitriles is 1. The Balaban J connectivity index is 2.55. The summed E-state index contributed by atoms with van der Waals surface area (Å²) in [5.74, 6) is -0.500. The minimum absolute atomic E-state index is 0.0392. The Morgan fingerprint density at radius 1 is 1.26 bits per heavy atom. The summed E-state index contributed by atoms with van der Waals surface area (Å²) >= 11 is 5.98. The van der Waals surface area contributed by atoms with E-state index < -0.39 is 5.54 Å². The smallest absolute Gasteiger partial charge is 0.238 e. The van der Waals surface area contributed by atoms with Crippen molar-refractivity contribution in [3.8, 4) is 6.07 Å². The standard InChI is InChI=1S/C16H21ClN4O2/c1-16(2,11-18)21(4)15(23)10-20(3)9-14(22)19-13-8-6-5-7-12(13)17/h5-8H,9-10H2,1-4H3,(H,19,22). The molecule has 0 atom stereocenters.